The van der Waals surface area contributed by atoms with Gasteiger partial charge in [-0.25, -0.2) is 0 Å². The molecule has 0 aliphatic rings. The molecule has 19 heavy (non-hydrogen) atoms. The molecular weight excluding hydrogens is 262 g/mol. The van der Waals surface area contributed by atoms with Crippen molar-refractivity contribution >= 4 is 11.3 Å². The molecule has 0 bridgehead atoms. The lowest BCUT2D eigenvalue weighted by atomic mass is 10.2. The van der Waals surface area contributed by atoms with Crippen LogP contribution < -0.4 is 5.73 Å². The van der Waals surface area contributed by atoms with Crippen molar-refractivity contribution in [2.24, 2.45) is 5.73 Å². The Bertz CT molecular complexity index is 470. The van der Waals surface area contributed by atoms with Crippen LogP contribution in [0.25, 0.3) is 0 Å². The molecule has 2 heterocycles. The highest BCUT2D eigenvalue weighted by atomic mass is 32.1. The second kappa shape index (κ2) is 7.37. The molecule has 1 atom stereocenters. The molecule has 0 radical (unpaired) electrons. The van der Waals surface area contributed by atoms with E-state index in [9.17, 15) is 0 Å². The van der Waals surface area contributed by atoms with Gasteiger partial charge >= 0.3 is 0 Å². The van der Waals surface area contributed by atoms with E-state index in [1.165, 1.54) is 4.88 Å². The Morgan fingerprint density at radius 2 is 2.37 bits per heavy atom. The van der Waals surface area contributed by atoms with Gasteiger partial charge in [0.15, 0.2) is 5.82 Å². The van der Waals surface area contributed by atoms with Gasteiger partial charge in [0.05, 0.1) is 12.6 Å². The summed E-state index contributed by atoms with van der Waals surface area (Å²) in [7, 11) is 0. The molecule has 0 spiro atoms. The van der Waals surface area contributed by atoms with Crippen molar-refractivity contribution in [3.8, 4) is 0 Å². The first kappa shape index (κ1) is 14.2. The zero-order valence-electron chi connectivity index (χ0n) is 11.0. The molecule has 2 aromatic heterocycles. The van der Waals surface area contributed by atoms with Gasteiger partial charge in [-0.05, 0) is 31.2 Å². The average molecular weight is 281 g/mol. The summed E-state index contributed by atoms with van der Waals surface area (Å²) in [5, 5.41) is 5.99. The van der Waals surface area contributed by atoms with Crippen molar-refractivity contribution in [3.63, 3.8) is 0 Å². The summed E-state index contributed by atoms with van der Waals surface area (Å²) < 4.78 is 10.4. The van der Waals surface area contributed by atoms with Crippen LogP contribution in [0.5, 0.6) is 0 Å². The van der Waals surface area contributed by atoms with Gasteiger partial charge in [0.1, 0.15) is 0 Å². The number of hydrogen-bond donors (Lipinski definition) is 1. The fourth-order valence-corrected chi connectivity index (χ4v) is 2.46. The molecule has 0 amide bonds. The van der Waals surface area contributed by atoms with Crippen LogP contribution in [-0.2, 0) is 17.6 Å². The van der Waals surface area contributed by atoms with Crippen molar-refractivity contribution in [2.45, 2.75) is 32.2 Å². The third-order valence-electron chi connectivity index (χ3n) is 2.71. The first-order chi connectivity index (χ1) is 9.29. The Kier molecular flexibility index (Phi) is 5.50. The Hall–Kier alpha value is -1.24. The van der Waals surface area contributed by atoms with E-state index in [0.29, 0.717) is 24.9 Å². The molecule has 104 valence electrons. The summed E-state index contributed by atoms with van der Waals surface area (Å²) in [6.07, 6.45) is 2.83. The number of aryl methyl sites for hydroxylation is 2. The second-order valence-corrected chi connectivity index (χ2v) is 5.28. The average Bonchev–Trinajstić information content (AvgIpc) is 3.07. The van der Waals surface area contributed by atoms with Crippen LogP contribution in [0.15, 0.2) is 22.0 Å². The van der Waals surface area contributed by atoms with E-state index in [4.69, 9.17) is 15.0 Å². The van der Waals surface area contributed by atoms with Crippen LogP contribution in [0.1, 0.15) is 36.0 Å². The SMILES string of the molecule is CCOCC(N)c1noc(CCCc2cccs2)n1. The number of nitrogens with two attached hydrogens (primary N) is 1. The molecule has 0 saturated carbocycles. The highest BCUT2D eigenvalue weighted by Crippen LogP contribution is 2.13. The number of nitrogens with zero attached hydrogens (tertiary/aromatic N) is 2. The Balaban J connectivity index is 1.77. The number of thiophene rings is 1. The largest absolute Gasteiger partial charge is 0.380 e. The summed E-state index contributed by atoms with van der Waals surface area (Å²) >= 11 is 1.77. The topological polar surface area (TPSA) is 74.2 Å². The van der Waals surface area contributed by atoms with Crippen LogP contribution in [0.3, 0.4) is 0 Å². The first-order valence-electron chi connectivity index (χ1n) is 6.47. The molecule has 1 unspecified atom stereocenters. The maximum atomic E-state index is 5.89. The zero-order chi connectivity index (χ0) is 13.5. The maximum Gasteiger partial charge on any atom is 0.226 e. The lowest BCUT2D eigenvalue weighted by Crippen LogP contribution is -2.18. The number of aromatic nitrogens is 2. The molecule has 2 rings (SSSR count). The van der Waals surface area contributed by atoms with Gasteiger partial charge in [0.2, 0.25) is 5.89 Å². The Labute approximate surface area is 116 Å². The third-order valence-corrected chi connectivity index (χ3v) is 3.65. The lowest BCUT2D eigenvalue weighted by Gasteiger charge is -2.05. The fourth-order valence-electron chi connectivity index (χ4n) is 1.71. The van der Waals surface area contributed by atoms with Crippen LogP contribution in [0.2, 0.25) is 0 Å². The predicted octanol–water partition coefficient (Wildman–Crippen LogP) is 2.34. The fraction of sp³-hybridized carbons (Fsp3) is 0.538. The van der Waals surface area contributed by atoms with E-state index < -0.39 is 0 Å². The van der Waals surface area contributed by atoms with Crippen molar-refractivity contribution in [3.05, 3.63) is 34.1 Å². The van der Waals surface area contributed by atoms with E-state index in [1.807, 2.05) is 6.92 Å². The van der Waals surface area contributed by atoms with E-state index in [-0.39, 0.29) is 6.04 Å². The quantitative estimate of drug-likeness (QED) is 0.804. The van der Waals surface area contributed by atoms with Crippen molar-refractivity contribution in [1.82, 2.24) is 10.1 Å². The van der Waals surface area contributed by atoms with Gasteiger partial charge in [-0.3, -0.25) is 0 Å². The Morgan fingerprint density at radius 1 is 1.47 bits per heavy atom. The van der Waals surface area contributed by atoms with E-state index >= 15 is 0 Å². The van der Waals surface area contributed by atoms with Crippen LogP contribution in [0.4, 0.5) is 0 Å². The van der Waals surface area contributed by atoms with Crippen LogP contribution in [0, 0.1) is 0 Å². The second-order valence-electron chi connectivity index (χ2n) is 4.25. The van der Waals surface area contributed by atoms with Gasteiger partial charge in [0.25, 0.3) is 0 Å². The molecule has 2 aromatic rings. The molecule has 6 heteroatoms. The minimum atomic E-state index is -0.310. The third kappa shape index (κ3) is 4.41. The van der Waals surface area contributed by atoms with Gasteiger partial charge in [-0.15, -0.1) is 11.3 Å². The van der Waals surface area contributed by atoms with Crippen molar-refractivity contribution < 1.29 is 9.26 Å². The van der Waals surface area contributed by atoms with Crippen LogP contribution in [-0.4, -0.2) is 23.4 Å². The molecule has 0 aromatic carbocycles. The van der Waals surface area contributed by atoms with Crippen LogP contribution >= 0.6 is 11.3 Å². The minimum Gasteiger partial charge on any atom is -0.380 e. The standard InChI is InChI=1S/C13H19N3O2S/c1-2-17-9-11(14)13-15-12(18-16-13)7-3-5-10-6-4-8-19-10/h4,6,8,11H,2-3,5,7,9,14H2,1H3. The number of ether oxygens (including phenoxy) is 1. The predicted molar refractivity (Wildman–Crippen MR) is 74.1 cm³/mol. The molecule has 0 fully saturated rings. The molecule has 0 aliphatic carbocycles. The monoisotopic (exact) mass is 281 g/mol. The lowest BCUT2D eigenvalue weighted by molar-refractivity contribution is 0.130. The maximum absolute atomic E-state index is 5.89. The zero-order valence-corrected chi connectivity index (χ0v) is 11.9. The molecule has 2 N–H and O–H groups in total. The van der Waals surface area contributed by atoms with Gasteiger partial charge < -0.3 is 15.0 Å². The van der Waals surface area contributed by atoms with Crippen molar-refractivity contribution in [2.75, 3.05) is 13.2 Å². The molecule has 5 nitrogen and oxygen atoms in total. The highest BCUT2D eigenvalue weighted by molar-refractivity contribution is 7.09. The summed E-state index contributed by atoms with van der Waals surface area (Å²) in [4.78, 5) is 5.68. The molecular formula is C13H19N3O2S. The smallest absolute Gasteiger partial charge is 0.226 e. The van der Waals surface area contributed by atoms with Crippen molar-refractivity contribution in [1.29, 1.82) is 0 Å². The van der Waals surface area contributed by atoms with Gasteiger partial charge in [0, 0.05) is 17.9 Å². The minimum absolute atomic E-state index is 0.310. The number of rotatable bonds is 8. The first-order valence-corrected chi connectivity index (χ1v) is 7.35. The highest BCUT2D eigenvalue weighted by Gasteiger charge is 2.14. The summed E-state index contributed by atoms with van der Waals surface area (Å²) in [6.45, 7) is 2.99. The summed E-state index contributed by atoms with van der Waals surface area (Å²) in [5.74, 6) is 1.18. The summed E-state index contributed by atoms with van der Waals surface area (Å²) in [5.41, 5.74) is 5.89. The van der Waals surface area contributed by atoms with E-state index in [1.54, 1.807) is 11.3 Å². The molecule has 0 saturated heterocycles. The van der Waals surface area contributed by atoms with Gasteiger partial charge in [-0.2, -0.15) is 4.98 Å². The number of hydrogen-bond acceptors (Lipinski definition) is 6. The molecule has 0 aliphatic heterocycles. The normalized spacial score (nSPS) is 12.7. The Morgan fingerprint density at radius 3 is 3.11 bits per heavy atom. The summed E-state index contributed by atoms with van der Waals surface area (Å²) in [6, 6.07) is 3.90. The van der Waals surface area contributed by atoms with Gasteiger partial charge in [-0.1, -0.05) is 11.2 Å². The van der Waals surface area contributed by atoms with E-state index in [2.05, 4.69) is 27.7 Å². The van der Waals surface area contributed by atoms with E-state index in [0.717, 1.165) is 19.3 Å².